The van der Waals surface area contributed by atoms with Crippen molar-refractivity contribution in [3.05, 3.63) is 56.5 Å². The second kappa shape index (κ2) is 5.68. The molecule has 0 spiro atoms. The maximum Gasteiger partial charge on any atom is 0.150 e. The van der Waals surface area contributed by atoms with E-state index in [4.69, 9.17) is 5.26 Å². The van der Waals surface area contributed by atoms with Gasteiger partial charge in [-0.15, -0.1) is 0 Å². The Kier molecular flexibility index (Phi) is 4.17. The van der Waals surface area contributed by atoms with Gasteiger partial charge < -0.3 is 5.32 Å². The van der Waals surface area contributed by atoms with Crippen LogP contribution in [0.1, 0.15) is 5.56 Å². The average Bonchev–Trinajstić information content (AvgIpc) is 2.35. The van der Waals surface area contributed by atoms with Crippen molar-refractivity contribution in [3.8, 4) is 6.07 Å². The normalized spacial score (nSPS) is 10.1. The lowest BCUT2D eigenvalue weighted by Crippen LogP contribution is -1.98. The molecule has 19 heavy (non-hydrogen) atoms. The van der Waals surface area contributed by atoms with Crippen LogP contribution in [0.5, 0.6) is 0 Å². The van der Waals surface area contributed by atoms with E-state index < -0.39 is 11.6 Å². The van der Waals surface area contributed by atoms with Gasteiger partial charge in [0, 0.05) is 15.0 Å². The Morgan fingerprint density at radius 2 is 1.84 bits per heavy atom. The van der Waals surface area contributed by atoms with Crippen LogP contribution in [0.3, 0.4) is 0 Å². The van der Waals surface area contributed by atoms with Crippen LogP contribution in [-0.4, -0.2) is 0 Å². The highest BCUT2D eigenvalue weighted by Crippen LogP contribution is 2.31. The first-order valence-corrected chi connectivity index (χ1v) is 6.71. The largest absolute Gasteiger partial charge is 0.351 e. The summed E-state index contributed by atoms with van der Waals surface area (Å²) in [7, 11) is 0. The SMILES string of the molecule is N#Cc1cc(Br)ccc1Nc1c(F)cc(F)cc1Br. The molecule has 96 valence electrons. The van der Waals surface area contributed by atoms with E-state index in [-0.39, 0.29) is 10.2 Å². The number of halogens is 4. The molecule has 2 rings (SSSR count). The van der Waals surface area contributed by atoms with E-state index in [0.717, 1.165) is 16.6 Å². The third-order valence-electron chi connectivity index (χ3n) is 2.37. The second-order valence-corrected chi connectivity index (χ2v) is 5.44. The molecule has 2 aromatic rings. The van der Waals surface area contributed by atoms with Gasteiger partial charge in [0.1, 0.15) is 11.9 Å². The fraction of sp³-hybridized carbons (Fsp3) is 0. The highest BCUT2D eigenvalue weighted by atomic mass is 79.9. The van der Waals surface area contributed by atoms with E-state index in [1.165, 1.54) is 0 Å². The van der Waals surface area contributed by atoms with Crippen molar-refractivity contribution in [1.29, 1.82) is 5.26 Å². The second-order valence-electron chi connectivity index (χ2n) is 3.67. The lowest BCUT2D eigenvalue weighted by atomic mass is 10.2. The van der Waals surface area contributed by atoms with Gasteiger partial charge in [-0.2, -0.15) is 5.26 Å². The van der Waals surface area contributed by atoms with Crippen LogP contribution in [0.2, 0.25) is 0 Å². The van der Waals surface area contributed by atoms with Gasteiger partial charge in [0.05, 0.1) is 16.9 Å². The molecule has 0 saturated carbocycles. The van der Waals surface area contributed by atoms with Crippen LogP contribution in [0.15, 0.2) is 39.3 Å². The zero-order valence-electron chi connectivity index (χ0n) is 9.35. The first kappa shape index (κ1) is 14.0. The van der Waals surface area contributed by atoms with Crippen molar-refractivity contribution in [1.82, 2.24) is 0 Å². The molecule has 0 aliphatic carbocycles. The van der Waals surface area contributed by atoms with Crippen molar-refractivity contribution < 1.29 is 8.78 Å². The topological polar surface area (TPSA) is 35.8 Å². The quantitative estimate of drug-likeness (QED) is 0.777. The minimum absolute atomic E-state index is 0.0835. The van der Waals surface area contributed by atoms with E-state index in [2.05, 4.69) is 37.2 Å². The molecule has 0 heterocycles. The van der Waals surface area contributed by atoms with Crippen LogP contribution in [0.25, 0.3) is 0 Å². The molecule has 0 bridgehead atoms. The summed E-state index contributed by atoms with van der Waals surface area (Å²) in [5, 5.41) is 11.8. The van der Waals surface area contributed by atoms with Crippen LogP contribution in [0.4, 0.5) is 20.2 Å². The molecular formula is C13H6Br2F2N2. The first-order valence-electron chi connectivity index (χ1n) is 5.12. The number of anilines is 2. The third-order valence-corrected chi connectivity index (χ3v) is 3.49. The fourth-order valence-electron chi connectivity index (χ4n) is 1.51. The molecule has 1 N–H and O–H groups in total. The van der Waals surface area contributed by atoms with Gasteiger partial charge in [0.2, 0.25) is 0 Å². The first-order chi connectivity index (χ1) is 9.01. The van der Waals surface area contributed by atoms with Crippen LogP contribution in [-0.2, 0) is 0 Å². The van der Waals surface area contributed by atoms with E-state index in [0.29, 0.717) is 11.3 Å². The van der Waals surface area contributed by atoms with E-state index in [9.17, 15) is 8.78 Å². The van der Waals surface area contributed by atoms with Gasteiger partial charge in [-0.1, -0.05) is 15.9 Å². The van der Waals surface area contributed by atoms with Crippen molar-refractivity contribution >= 4 is 43.2 Å². The van der Waals surface area contributed by atoms with Crippen molar-refractivity contribution in [2.24, 2.45) is 0 Å². The summed E-state index contributed by atoms with van der Waals surface area (Å²) in [6.07, 6.45) is 0. The standard InChI is InChI=1S/C13H6Br2F2N2/c14-8-1-2-12(7(3-8)6-18)19-13-10(15)4-9(16)5-11(13)17/h1-5,19H. The van der Waals surface area contributed by atoms with Gasteiger partial charge >= 0.3 is 0 Å². The highest BCUT2D eigenvalue weighted by Gasteiger charge is 2.12. The van der Waals surface area contributed by atoms with E-state index in [1.807, 2.05) is 6.07 Å². The molecule has 2 aromatic carbocycles. The lowest BCUT2D eigenvalue weighted by Gasteiger charge is -2.11. The zero-order chi connectivity index (χ0) is 14.0. The molecule has 0 radical (unpaired) electrons. The molecule has 0 aliphatic heterocycles. The predicted molar refractivity (Wildman–Crippen MR) is 76.2 cm³/mol. The molecule has 0 atom stereocenters. The van der Waals surface area contributed by atoms with Gasteiger partial charge in [0.25, 0.3) is 0 Å². The zero-order valence-corrected chi connectivity index (χ0v) is 12.5. The van der Waals surface area contributed by atoms with Crippen LogP contribution in [0, 0.1) is 23.0 Å². The smallest absolute Gasteiger partial charge is 0.150 e. The fourth-order valence-corrected chi connectivity index (χ4v) is 2.38. The molecule has 2 nitrogen and oxygen atoms in total. The minimum Gasteiger partial charge on any atom is -0.351 e. The minimum atomic E-state index is -0.737. The third kappa shape index (κ3) is 3.11. The molecule has 6 heteroatoms. The van der Waals surface area contributed by atoms with Crippen molar-refractivity contribution in [2.45, 2.75) is 0 Å². The number of hydrogen-bond donors (Lipinski definition) is 1. The van der Waals surface area contributed by atoms with Crippen molar-refractivity contribution in [3.63, 3.8) is 0 Å². The summed E-state index contributed by atoms with van der Waals surface area (Å²) in [5.41, 5.74) is 0.877. The Hall–Kier alpha value is -1.45. The Labute approximate surface area is 125 Å². The molecule has 0 fully saturated rings. The van der Waals surface area contributed by atoms with Crippen LogP contribution >= 0.6 is 31.9 Å². The summed E-state index contributed by atoms with van der Waals surface area (Å²) >= 11 is 6.33. The molecule has 0 aliphatic rings. The number of nitrogens with one attached hydrogen (secondary N) is 1. The van der Waals surface area contributed by atoms with Gasteiger partial charge in [-0.05, 0) is 40.2 Å². The summed E-state index contributed by atoms with van der Waals surface area (Å²) in [4.78, 5) is 0. The van der Waals surface area contributed by atoms with Gasteiger partial charge in [-0.3, -0.25) is 0 Å². The number of rotatable bonds is 2. The van der Waals surface area contributed by atoms with Gasteiger partial charge in [0.15, 0.2) is 5.82 Å². The summed E-state index contributed by atoms with van der Waals surface area (Å²) in [5.74, 6) is -1.41. The molecule has 0 aromatic heterocycles. The maximum atomic E-state index is 13.7. The summed E-state index contributed by atoms with van der Waals surface area (Å²) < 4.78 is 27.7. The van der Waals surface area contributed by atoms with E-state index >= 15 is 0 Å². The highest BCUT2D eigenvalue weighted by molar-refractivity contribution is 9.10. The molecular weight excluding hydrogens is 382 g/mol. The van der Waals surface area contributed by atoms with Crippen LogP contribution < -0.4 is 5.32 Å². The Morgan fingerprint density at radius 1 is 1.11 bits per heavy atom. The van der Waals surface area contributed by atoms with Crippen molar-refractivity contribution in [2.75, 3.05) is 5.32 Å². The molecule has 0 unspecified atom stereocenters. The Bertz CT molecular complexity index is 658. The lowest BCUT2D eigenvalue weighted by molar-refractivity contribution is 0.584. The van der Waals surface area contributed by atoms with Gasteiger partial charge in [-0.25, -0.2) is 8.78 Å². The Balaban J connectivity index is 2.45. The number of hydrogen-bond acceptors (Lipinski definition) is 2. The average molecular weight is 388 g/mol. The summed E-state index contributed by atoms with van der Waals surface area (Å²) in [6.45, 7) is 0. The molecule has 0 amide bonds. The summed E-state index contributed by atoms with van der Waals surface area (Å²) in [6, 6.07) is 8.89. The maximum absolute atomic E-state index is 13.7. The predicted octanol–water partition coefficient (Wildman–Crippen LogP) is 5.11. The van der Waals surface area contributed by atoms with E-state index in [1.54, 1.807) is 18.2 Å². The number of nitrogens with zero attached hydrogens (tertiary/aromatic N) is 1. The molecule has 0 saturated heterocycles. The number of nitriles is 1. The monoisotopic (exact) mass is 386 g/mol. The number of benzene rings is 2. The Morgan fingerprint density at radius 3 is 2.47 bits per heavy atom.